The molecule has 17 heavy (non-hydrogen) atoms. The van der Waals surface area contributed by atoms with Gasteiger partial charge in [-0.05, 0) is 18.3 Å². The lowest BCUT2D eigenvalue weighted by molar-refractivity contribution is -0.138. The van der Waals surface area contributed by atoms with Crippen LogP contribution < -0.4 is 5.32 Å². The number of carbonyl (C=O) groups is 2. The SMILES string of the molecule is C=CCOC(=O)NCC(CC(=O)O)CC(C)C. The molecule has 0 bridgehead atoms. The highest BCUT2D eigenvalue weighted by molar-refractivity contribution is 5.68. The van der Waals surface area contributed by atoms with Crippen LogP contribution in [0.2, 0.25) is 0 Å². The van der Waals surface area contributed by atoms with E-state index in [4.69, 9.17) is 9.84 Å². The van der Waals surface area contributed by atoms with E-state index in [0.29, 0.717) is 12.5 Å². The van der Waals surface area contributed by atoms with Crippen molar-refractivity contribution in [1.82, 2.24) is 5.32 Å². The molecule has 0 aromatic carbocycles. The Bertz CT molecular complexity index is 263. The van der Waals surface area contributed by atoms with Crippen molar-refractivity contribution in [3.63, 3.8) is 0 Å². The maximum Gasteiger partial charge on any atom is 0.407 e. The topological polar surface area (TPSA) is 75.6 Å². The van der Waals surface area contributed by atoms with Crippen molar-refractivity contribution in [3.05, 3.63) is 12.7 Å². The third-order valence-electron chi connectivity index (χ3n) is 2.14. The second kappa shape index (κ2) is 8.61. The van der Waals surface area contributed by atoms with Crippen molar-refractivity contribution in [3.8, 4) is 0 Å². The van der Waals surface area contributed by atoms with Gasteiger partial charge in [0.05, 0.1) is 0 Å². The molecule has 2 N–H and O–H groups in total. The van der Waals surface area contributed by atoms with E-state index in [1.807, 2.05) is 13.8 Å². The Morgan fingerprint density at radius 2 is 2.12 bits per heavy atom. The van der Waals surface area contributed by atoms with Crippen LogP contribution in [0.4, 0.5) is 4.79 Å². The minimum absolute atomic E-state index is 0.0555. The molecule has 0 radical (unpaired) electrons. The highest BCUT2D eigenvalue weighted by Crippen LogP contribution is 2.14. The van der Waals surface area contributed by atoms with Crippen LogP contribution in [0.5, 0.6) is 0 Å². The molecular formula is C12H21NO4. The van der Waals surface area contributed by atoms with Gasteiger partial charge < -0.3 is 15.2 Å². The van der Waals surface area contributed by atoms with Crippen LogP contribution in [0.25, 0.3) is 0 Å². The maximum absolute atomic E-state index is 11.1. The Morgan fingerprint density at radius 3 is 2.59 bits per heavy atom. The number of rotatable bonds is 8. The Kier molecular flexibility index (Phi) is 7.84. The number of ether oxygens (including phenoxy) is 1. The molecule has 1 unspecified atom stereocenters. The number of amides is 1. The molecule has 1 amide bonds. The third kappa shape index (κ3) is 9.41. The Hall–Kier alpha value is -1.52. The van der Waals surface area contributed by atoms with Crippen LogP contribution in [0.1, 0.15) is 26.7 Å². The van der Waals surface area contributed by atoms with E-state index in [0.717, 1.165) is 6.42 Å². The number of nitrogens with one attached hydrogen (secondary N) is 1. The number of carboxylic acids is 1. The first kappa shape index (κ1) is 15.5. The first-order valence-corrected chi connectivity index (χ1v) is 5.69. The largest absolute Gasteiger partial charge is 0.481 e. The fraction of sp³-hybridized carbons (Fsp3) is 0.667. The lowest BCUT2D eigenvalue weighted by Crippen LogP contribution is -2.31. The minimum atomic E-state index is -0.850. The lowest BCUT2D eigenvalue weighted by Gasteiger charge is -2.17. The standard InChI is InChI=1S/C12H21NO4/c1-4-5-17-12(16)13-8-10(6-9(2)3)7-11(14)15/h4,9-10H,1,5-8H2,2-3H3,(H,13,16)(H,14,15). The van der Waals surface area contributed by atoms with Gasteiger partial charge in [0, 0.05) is 13.0 Å². The van der Waals surface area contributed by atoms with Crippen molar-refractivity contribution in [2.75, 3.05) is 13.2 Å². The monoisotopic (exact) mass is 243 g/mol. The Labute approximate surface area is 102 Å². The summed E-state index contributed by atoms with van der Waals surface area (Å²) in [5.74, 6) is -0.522. The summed E-state index contributed by atoms with van der Waals surface area (Å²) < 4.78 is 4.74. The highest BCUT2D eigenvalue weighted by Gasteiger charge is 2.16. The minimum Gasteiger partial charge on any atom is -0.481 e. The van der Waals surface area contributed by atoms with Gasteiger partial charge in [0.1, 0.15) is 6.61 Å². The molecule has 0 aromatic rings. The van der Waals surface area contributed by atoms with Gasteiger partial charge in [-0.2, -0.15) is 0 Å². The number of alkyl carbamates (subject to hydrolysis) is 1. The molecule has 0 saturated heterocycles. The zero-order valence-corrected chi connectivity index (χ0v) is 10.4. The zero-order valence-electron chi connectivity index (χ0n) is 10.4. The van der Waals surface area contributed by atoms with Crippen LogP contribution in [0, 0.1) is 11.8 Å². The second-order valence-electron chi connectivity index (χ2n) is 4.36. The molecule has 0 aliphatic rings. The van der Waals surface area contributed by atoms with E-state index in [1.54, 1.807) is 0 Å². The van der Waals surface area contributed by atoms with Gasteiger partial charge in [-0.15, -0.1) is 0 Å². The molecule has 98 valence electrons. The molecule has 0 heterocycles. The first-order chi connectivity index (χ1) is 7.95. The molecule has 5 heteroatoms. The van der Waals surface area contributed by atoms with E-state index in [9.17, 15) is 9.59 Å². The second-order valence-corrected chi connectivity index (χ2v) is 4.36. The van der Waals surface area contributed by atoms with Crippen LogP contribution in [-0.4, -0.2) is 30.3 Å². The molecule has 0 fully saturated rings. The zero-order chi connectivity index (χ0) is 13.3. The van der Waals surface area contributed by atoms with Crippen LogP contribution in [-0.2, 0) is 9.53 Å². The van der Waals surface area contributed by atoms with Gasteiger partial charge >= 0.3 is 12.1 Å². The normalized spacial score (nSPS) is 11.9. The molecule has 0 aliphatic carbocycles. The molecule has 1 atom stereocenters. The van der Waals surface area contributed by atoms with Crippen molar-refractivity contribution >= 4 is 12.1 Å². The predicted molar refractivity (Wildman–Crippen MR) is 64.7 cm³/mol. The average molecular weight is 243 g/mol. The van der Waals surface area contributed by atoms with Gasteiger partial charge in [-0.3, -0.25) is 4.79 Å². The molecule has 5 nitrogen and oxygen atoms in total. The van der Waals surface area contributed by atoms with Gasteiger partial charge in [0.25, 0.3) is 0 Å². The van der Waals surface area contributed by atoms with Crippen LogP contribution >= 0.6 is 0 Å². The third-order valence-corrected chi connectivity index (χ3v) is 2.14. The van der Waals surface area contributed by atoms with E-state index in [2.05, 4.69) is 11.9 Å². The highest BCUT2D eigenvalue weighted by atomic mass is 16.5. The summed E-state index contributed by atoms with van der Waals surface area (Å²) in [7, 11) is 0. The Balaban J connectivity index is 4.01. The summed E-state index contributed by atoms with van der Waals surface area (Å²) in [5.41, 5.74) is 0. The predicted octanol–water partition coefficient (Wildman–Crippen LogP) is 2.04. The van der Waals surface area contributed by atoms with Gasteiger partial charge in [0.2, 0.25) is 0 Å². The maximum atomic E-state index is 11.1. The number of hydrogen-bond acceptors (Lipinski definition) is 3. The van der Waals surface area contributed by atoms with E-state index < -0.39 is 12.1 Å². The van der Waals surface area contributed by atoms with Crippen molar-refractivity contribution in [1.29, 1.82) is 0 Å². The van der Waals surface area contributed by atoms with Gasteiger partial charge in [0.15, 0.2) is 0 Å². The van der Waals surface area contributed by atoms with Crippen LogP contribution in [0.15, 0.2) is 12.7 Å². The van der Waals surface area contributed by atoms with Gasteiger partial charge in [-0.1, -0.05) is 26.5 Å². The summed E-state index contributed by atoms with van der Waals surface area (Å²) in [4.78, 5) is 21.8. The van der Waals surface area contributed by atoms with Gasteiger partial charge in [-0.25, -0.2) is 4.79 Å². The summed E-state index contributed by atoms with van der Waals surface area (Å²) >= 11 is 0. The van der Waals surface area contributed by atoms with Crippen molar-refractivity contribution in [2.45, 2.75) is 26.7 Å². The summed E-state index contributed by atoms with van der Waals surface area (Å²) in [6, 6.07) is 0. The van der Waals surface area contributed by atoms with E-state index in [-0.39, 0.29) is 18.9 Å². The fourth-order valence-corrected chi connectivity index (χ4v) is 1.57. The van der Waals surface area contributed by atoms with Crippen molar-refractivity contribution in [2.24, 2.45) is 11.8 Å². The quantitative estimate of drug-likeness (QED) is 0.640. The van der Waals surface area contributed by atoms with Crippen molar-refractivity contribution < 1.29 is 19.4 Å². The molecule has 0 saturated carbocycles. The van der Waals surface area contributed by atoms with E-state index >= 15 is 0 Å². The van der Waals surface area contributed by atoms with E-state index in [1.165, 1.54) is 6.08 Å². The number of carbonyl (C=O) groups excluding carboxylic acids is 1. The molecular weight excluding hydrogens is 222 g/mol. The summed E-state index contributed by atoms with van der Waals surface area (Å²) in [6.45, 7) is 7.93. The average Bonchev–Trinajstić information content (AvgIpc) is 2.21. The Morgan fingerprint density at radius 1 is 1.47 bits per heavy atom. The summed E-state index contributed by atoms with van der Waals surface area (Å²) in [5, 5.41) is 11.3. The van der Waals surface area contributed by atoms with Crippen LogP contribution in [0.3, 0.4) is 0 Å². The number of aliphatic carboxylic acids is 1. The number of hydrogen-bond donors (Lipinski definition) is 2. The number of carboxylic acid groups (broad SMARTS) is 1. The molecule has 0 aromatic heterocycles. The first-order valence-electron chi connectivity index (χ1n) is 5.69. The molecule has 0 spiro atoms. The lowest BCUT2D eigenvalue weighted by atomic mass is 9.94. The summed E-state index contributed by atoms with van der Waals surface area (Å²) in [6.07, 6.45) is 1.75. The smallest absolute Gasteiger partial charge is 0.407 e. The molecule has 0 aliphatic heterocycles. The fourth-order valence-electron chi connectivity index (χ4n) is 1.57. The molecule has 0 rings (SSSR count).